The van der Waals surface area contributed by atoms with Gasteiger partial charge >= 0.3 is 0 Å². The third kappa shape index (κ3) is 3.75. The zero-order valence-electron chi connectivity index (χ0n) is 22.2. The molecule has 1 N–H and O–H groups in total. The molecule has 1 atom stereocenters. The van der Waals surface area contributed by atoms with Gasteiger partial charge in [0.2, 0.25) is 0 Å². The molecule has 196 valence electrons. The van der Waals surface area contributed by atoms with Crippen molar-refractivity contribution < 1.29 is 5.11 Å². The molecule has 6 aromatic rings. The van der Waals surface area contributed by atoms with Crippen molar-refractivity contribution in [2.75, 3.05) is 0 Å². The van der Waals surface area contributed by atoms with Gasteiger partial charge in [0, 0.05) is 17.3 Å². The van der Waals surface area contributed by atoms with Crippen LogP contribution in [0, 0.1) is 17.9 Å². The van der Waals surface area contributed by atoms with Gasteiger partial charge in [-0.2, -0.15) is 5.26 Å². The molecule has 6 nitrogen and oxygen atoms in total. The zero-order valence-corrected chi connectivity index (χ0v) is 22.2. The number of aromatic hydroxyl groups is 1. The first kappa shape index (κ1) is 24.9. The Morgan fingerprint density at radius 2 is 1.57 bits per heavy atom. The van der Waals surface area contributed by atoms with E-state index in [0.29, 0.717) is 28.2 Å². The van der Waals surface area contributed by atoms with Crippen molar-refractivity contribution in [1.82, 2.24) is 15.0 Å². The van der Waals surface area contributed by atoms with E-state index in [-0.39, 0.29) is 5.75 Å². The Hall–Kier alpha value is -6.11. The number of rotatable bonds is 4. The predicted molar refractivity (Wildman–Crippen MR) is 161 cm³/mol. The maximum atomic E-state index is 10.7. The average Bonchev–Trinajstić information content (AvgIpc) is 3.35. The number of phenolic OH excluding ortho intramolecular Hbond substituents is 1. The Bertz CT molecular complexity index is 2030. The van der Waals surface area contributed by atoms with E-state index >= 15 is 0 Å². The fraction of sp³-hybridized carbons (Fsp3) is 0.0278. The van der Waals surface area contributed by atoms with Crippen LogP contribution in [0.2, 0.25) is 0 Å². The second-order valence-electron chi connectivity index (χ2n) is 10.1. The normalized spacial score (nSPS) is 14.8. The van der Waals surface area contributed by atoms with Gasteiger partial charge in [-0.1, -0.05) is 60.7 Å². The van der Waals surface area contributed by atoms with Crippen molar-refractivity contribution in [3.05, 3.63) is 161 Å². The van der Waals surface area contributed by atoms with Crippen LogP contribution in [0.4, 0.5) is 5.69 Å². The van der Waals surface area contributed by atoms with Crippen LogP contribution >= 0.6 is 0 Å². The molecule has 0 amide bonds. The lowest BCUT2D eigenvalue weighted by Gasteiger charge is -2.33. The average molecular weight is 540 g/mol. The van der Waals surface area contributed by atoms with Crippen molar-refractivity contribution in [2.24, 2.45) is 0 Å². The third-order valence-electron chi connectivity index (χ3n) is 7.87. The van der Waals surface area contributed by atoms with Gasteiger partial charge in [0.15, 0.2) is 5.69 Å². The minimum absolute atomic E-state index is 0.135. The molecule has 0 radical (unpaired) electrons. The van der Waals surface area contributed by atoms with Crippen LogP contribution in [-0.2, 0) is 5.41 Å². The highest BCUT2D eigenvalue weighted by Gasteiger charge is 2.47. The van der Waals surface area contributed by atoms with E-state index in [4.69, 9.17) is 11.6 Å². The van der Waals surface area contributed by atoms with Gasteiger partial charge in [0.25, 0.3) is 0 Å². The van der Waals surface area contributed by atoms with E-state index < -0.39 is 5.41 Å². The number of hydrogen-bond acceptors (Lipinski definition) is 5. The molecule has 2 aromatic heterocycles. The first-order valence-electron chi connectivity index (χ1n) is 13.3. The van der Waals surface area contributed by atoms with E-state index in [1.165, 1.54) is 6.33 Å². The molecule has 1 unspecified atom stereocenters. The smallest absolute Gasteiger partial charge is 0.187 e. The van der Waals surface area contributed by atoms with Crippen molar-refractivity contribution in [1.29, 1.82) is 5.26 Å². The number of pyridine rings is 1. The van der Waals surface area contributed by atoms with Gasteiger partial charge in [-0.25, -0.2) is 14.8 Å². The van der Waals surface area contributed by atoms with Gasteiger partial charge in [0.1, 0.15) is 12.1 Å². The summed E-state index contributed by atoms with van der Waals surface area (Å²) in [6, 6.07) is 36.7. The first-order valence-corrected chi connectivity index (χ1v) is 13.3. The highest BCUT2D eigenvalue weighted by Crippen LogP contribution is 2.57. The Kier molecular flexibility index (Phi) is 5.82. The van der Waals surface area contributed by atoms with Crippen LogP contribution in [0.1, 0.15) is 27.9 Å². The number of fused-ring (bicyclic) bond motifs is 3. The summed E-state index contributed by atoms with van der Waals surface area (Å²) in [6.07, 6.45) is 3.24. The molecule has 0 fully saturated rings. The molecule has 1 aliphatic rings. The number of hydrogen-bond donors (Lipinski definition) is 1. The van der Waals surface area contributed by atoms with E-state index in [0.717, 1.165) is 39.1 Å². The van der Waals surface area contributed by atoms with Gasteiger partial charge in [-0.15, -0.1) is 0 Å². The van der Waals surface area contributed by atoms with Crippen molar-refractivity contribution in [3.63, 3.8) is 0 Å². The zero-order chi connectivity index (χ0) is 28.7. The summed E-state index contributed by atoms with van der Waals surface area (Å²) >= 11 is 0. The van der Waals surface area contributed by atoms with Crippen LogP contribution in [0.15, 0.2) is 122 Å². The summed E-state index contributed by atoms with van der Waals surface area (Å²) in [5, 5.41) is 20.6. The largest absolute Gasteiger partial charge is 0.507 e. The Morgan fingerprint density at radius 1 is 0.762 bits per heavy atom. The Morgan fingerprint density at radius 3 is 2.36 bits per heavy atom. The number of aromatic nitrogens is 3. The monoisotopic (exact) mass is 539 g/mol. The summed E-state index contributed by atoms with van der Waals surface area (Å²) in [6.45, 7) is 7.81. The number of para-hydroxylation sites is 1. The molecule has 0 spiro atoms. The maximum absolute atomic E-state index is 10.7. The molecule has 0 saturated heterocycles. The van der Waals surface area contributed by atoms with E-state index in [2.05, 4.69) is 33.0 Å². The van der Waals surface area contributed by atoms with Crippen LogP contribution in [0.5, 0.6) is 5.75 Å². The molecule has 42 heavy (non-hydrogen) atoms. The maximum Gasteiger partial charge on any atom is 0.187 e. The Labute approximate surface area is 242 Å². The molecular weight excluding hydrogens is 518 g/mol. The summed E-state index contributed by atoms with van der Waals surface area (Å²) in [4.78, 5) is 17.5. The molecule has 0 aliphatic heterocycles. The van der Waals surface area contributed by atoms with Crippen LogP contribution in [-0.4, -0.2) is 20.1 Å². The van der Waals surface area contributed by atoms with Crippen molar-refractivity contribution >= 4 is 5.69 Å². The van der Waals surface area contributed by atoms with Crippen LogP contribution in [0.25, 0.3) is 38.5 Å². The van der Waals surface area contributed by atoms with Gasteiger partial charge in [-0.05, 0) is 76.3 Å². The Balaban J connectivity index is 1.61. The predicted octanol–water partition coefficient (Wildman–Crippen LogP) is 7.70. The lowest BCUT2D eigenvalue weighted by atomic mass is 9.69. The van der Waals surface area contributed by atoms with Crippen molar-refractivity contribution in [2.45, 2.75) is 5.41 Å². The van der Waals surface area contributed by atoms with Crippen molar-refractivity contribution in [3.8, 4) is 45.5 Å². The summed E-state index contributed by atoms with van der Waals surface area (Å²) in [5.74, 6) is 0.135. The highest BCUT2D eigenvalue weighted by molar-refractivity contribution is 5.88. The first-order chi connectivity index (χ1) is 20.6. The summed E-state index contributed by atoms with van der Waals surface area (Å²) < 4.78 is 0. The number of nitriles is 1. The van der Waals surface area contributed by atoms with Gasteiger partial charge in [0.05, 0.1) is 40.7 Å². The SMILES string of the molecule is [C-]#[N+]c1ccc2c(c1)C(c1cccc(-c3ccncn3)c1)(c1cccc(-c3ccccc3O)n1)c1cc(C#N)ccc1-2. The molecule has 7 rings (SSSR count). The molecule has 0 saturated carbocycles. The molecule has 1 aliphatic carbocycles. The fourth-order valence-electron chi connectivity index (χ4n) is 6.04. The number of benzene rings is 4. The third-order valence-corrected chi connectivity index (χ3v) is 7.87. The minimum atomic E-state index is -0.971. The van der Waals surface area contributed by atoms with Gasteiger partial charge < -0.3 is 5.11 Å². The lowest BCUT2D eigenvalue weighted by molar-refractivity contribution is 0.477. The quantitative estimate of drug-likeness (QED) is 0.232. The van der Waals surface area contributed by atoms with Crippen LogP contribution < -0.4 is 0 Å². The molecule has 0 bridgehead atoms. The van der Waals surface area contributed by atoms with E-state index in [1.54, 1.807) is 18.3 Å². The van der Waals surface area contributed by atoms with Gasteiger partial charge in [-0.3, -0.25) is 4.98 Å². The molecule has 6 heteroatoms. The van der Waals surface area contributed by atoms with Crippen LogP contribution in [0.3, 0.4) is 0 Å². The highest BCUT2D eigenvalue weighted by atomic mass is 16.3. The van der Waals surface area contributed by atoms with E-state index in [1.807, 2.05) is 84.9 Å². The summed E-state index contributed by atoms with van der Waals surface area (Å²) in [5.41, 5.74) is 8.36. The molecule has 2 heterocycles. The number of phenols is 1. The second kappa shape index (κ2) is 9.82. The molecular formula is C36H21N5O. The lowest BCUT2D eigenvalue weighted by Crippen LogP contribution is -2.30. The summed E-state index contributed by atoms with van der Waals surface area (Å²) in [7, 11) is 0. The fourth-order valence-corrected chi connectivity index (χ4v) is 6.04. The second-order valence-corrected chi connectivity index (χ2v) is 10.1. The van der Waals surface area contributed by atoms with E-state index in [9.17, 15) is 10.4 Å². The minimum Gasteiger partial charge on any atom is -0.507 e. The molecule has 4 aromatic carbocycles. The standard InChI is InChI=1S/C36H21N5O/c1-38-26-13-15-28-27-14-12-23(21-37)18-30(27)36(31(28)20-26,25-7-4-6-24(19-25)32-16-17-39-22-40-32)35-11-5-9-33(41-35)29-8-2-3-10-34(29)42/h2-20,22,42H. The topological polar surface area (TPSA) is 87.1 Å². The number of nitrogens with zero attached hydrogens (tertiary/aromatic N) is 5.